The van der Waals surface area contributed by atoms with E-state index >= 15 is 0 Å². The van der Waals surface area contributed by atoms with Crippen LogP contribution in [0.15, 0.2) is 51.6 Å². The summed E-state index contributed by atoms with van der Waals surface area (Å²) < 4.78 is 6.38. The second-order valence-corrected chi connectivity index (χ2v) is 5.01. The molecule has 2 atom stereocenters. The number of hydrogen-bond donors (Lipinski definition) is 2. The Kier molecular flexibility index (Phi) is 4.58. The molecule has 0 spiro atoms. The van der Waals surface area contributed by atoms with E-state index in [1.54, 1.807) is 6.26 Å². The molecule has 0 aliphatic rings. The van der Waals surface area contributed by atoms with Gasteiger partial charge in [-0.2, -0.15) is 0 Å². The summed E-state index contributed by atoms with van der Waals surface area (Å²) in [5, 5.41) is 12.8. The Morgan fingerprint density at radius 2 is 2.06 bits per heavy atom. The van der Waals surface area contributed by atoms with Crippen LogP contribution >= 0.6 is 15.9 Å². The van der Waals surface area contributed by atoms with Gasteiger partial charge in [-0.25, -0.2) is 0 Å². The maximum atomic E-state index is 9.43. The molecule has 2 unspecified atom stereocenters. The molecule has 1 heterocycles. The van der Waals surface area contributed by atoms with Crippen molar-refractivity contribution >= 4 is 15.9 Å². The van der Waals surface area contributed by atoms with Crippen LogP contribution < -0.4 is 5.32 Å². The standard InChI is InChI=1S/C14H16BrNO2/c1-10(11-5-2-3-6-12(11)15)16-13(9-17)14-7-4-8-18-14/h2-8,10,13,16-17H,9H2,1H3. The van der Waals surface area contributed by atoms with Crippen molar-refractivity contribution in [3.8, 4) is 0 Å². The summed E-state index contributed by atoms with van der Waals surface area (Å²) in [5.41, 5.74) is 1.16. The van der Waals surface area contributed by atoms with Gasteiger partial charge in [-0.05, 0) is 30.7 Å². The minimum Gasteiger partial charge on any atom is -0.468 e. The van der Waals surface area contributed by atoms with Crippen LogP contribution in [0.25, 0.3) is 0 Å². The number of aliphatic hydroxyl groups excluding tert-OH is 1. The summed E-state index contributed by atoms with van der Waals surface area (Å²) in [6.07, 6.45) is 1.61. The summed E-state index contributed by atoms with van der Waals surface area (Å²) in [6.45, 7) is 2.06. The summed E-state index contributed by atoms with van der Waals surface area (Å²) in [5.74, 6) is 0.747. The fraction of sp³-hybridized carbons (Fsp3) is 0.286. The lowest BCUT2D eigenvalue weighted by Gasteiger charge is -2.21. The van der Waals surface area contributed by atoms with Crippen LogP contribution in [-0.4, -0.2) is 11.7 Å². The van der Waals surface area contributed by atoms with Crippen molar-refractivity contribution in [3.63, 3.8) is 0 Å². The van der Waals surface area contributed by atoms with Crippen LogP contribution in [0.3, 0.4) is 0 Å². The fourth-order valence-electron chi connectivity index (χ4n) is 1.93. The van der Waals surface area contributed by atoms with E-state index in [0.717, 1.165) is 15.8 Å². The highest BCUT2D eigenvalue weighted by atomic mass is 79.9. The third-order valence-electron chi connectivity index (χ3n) is 2.89. The van der Waals surface area contributed by atoms with E-state index < -0.39 is 0 Å². The van der Waals surface area contributed by atoms with Gasteiger partial charge in [0.15, 0.2) is 0 Å². The van der Waals surface area contributed by atoms with E-state index in [0.29, 0.717) is 0 Å². The van der Waals surface area contributed by atoms with Crippen molar-refractivity contribution in [2.45, 2.75) is 19.0 Å². The molecule has 96 valence electrons. The van der Waals surface area contributed by atoms with Gasteiger partial charge >= 0.3 is 0 Å². The number of hydrogen-bond acceptors (Lipinski definition) is 3. The topological polar surface area (TPSA) is 45.4 Å². The molecule has 18 heavy (non-hydrogen) atoms. The minimum absolute atomic E-state index is 0.00229. The lowest BCUT2D eigenvalue weighted by atomic mass is 10.1. The van der Waals surface area contributed by atoms with Crippen molar-refractivity contribution in [1.82, 2.24) is 5.32 Å². The van der Waals surface area contributed by atoms with Gasteiger partial charge in [0.05, 0.1) is 18.9 Å². The third kappa shape index (κ3) is 3.02. The second kappa shape index (κ2) is 6.18. The Morgan fingerprint density at radius 3 is 2.67 bits per heavy atom. The molecule has 0 aliphatic carbocycles. The molecule has 0 saturated carbocycles. The Labute approximate surface area is 115 Å². The Morgan fingerprint density at radius 1 is 1.28 bits per heavy atom. The SMILES string of the molecule is CC(NC(CO)c1ccco1)c1ccccc1Br. The molecule has 2 N–H and O–H groups in total. The van der Waals surface area contributed by atoms with E-state index in [2.05, 4.69) is 34.2 Å². The van der Waals surface area contributed by atoms with Gasteiger partial charge < -0.3 is 9.52 Å². The number of nitrogens with one attached hydrogen (secondary N) is 1. The number of benzene rings is 1. The largest absolute Gasteiger partial charge is 0.468 e. The van der Waals surface area contributed by atoms with Crippen molar-refractivity contribution < 1.29 is 9.52 Å². The molecule has 0 fully saturated rings. The number of halogens is 1. The summed E-state index contributed by atoms with van der Waals surface area (Å²) >= 11 is 3.53. The first-order valence-corrected chi connectivity index (χ1v) is 6.66. The van der Waals surface area contributed by atoms with Crippen LogP contribution in [0, 0.1) is 0 Å². The van der Waals surface area contributed by atoms with E-state index in [1.165, 1.54) is 0 Å². The maximum Gasteiger partial charge on any atom is 0.123 e. The van der Waals surface area contributed by atoms with Crippen LogP contribution in [0.2, 0.25) is 0 Å². The molecule has 1 aromatic carbocycles. The zero-order valence-corrected chi connectivity index (χ0v) is 11.7. The molecule has 0 saturated heterocycles. The van der Waals surface area contributed by atoms with E-state index in [4.69, 9.17) is 4.42 Å². The quantitative estimate of drug-likeness (QED) is 0.889. The predicted octanol–water partition coefficient (Wildman–Crippen LogP) is 3.43. The van der Waals surface area contributed by atoms with Gasteiger partial charge in [0.2, 0.25) is 0 Å². The van der Waals surface area contributed by atoms with E-state index in [1.807, 2.05) is 30.3 Å². The fourth-order valence-corrected chi connectivity index (χ4v) is 2.56. The highest BCUT2D eigenvalue weighted by Crippen LogP contribution is 2.25. The predicted molar refractivity (Wildman–Crippen MR) is 74.2 cm³/mol. The maximum absolute atomic E-state index is 9.43. The Balaban J connectivity index is 2.11. The first kappa shape index (κ1) is 13.3. The normalized spacial score (nSPS) is 14.4. The van der Waals surface area contributed by atoms with Gasteiger partial charge in [0.1, 0.15) is 5.76 Å². The molecular formula is C14H16BrNO2. The van der Waals surface area contributed by atoms with Crippen molar-refractivity contribution in [3.05, 3.63) is 58.5 Å². The number of furan rings is 1. The molecule has 2 aromatic rings. The van der Waals surface area contributed by atoms with Crippen molar-refractivity contribution in [2.75, 3.05) is 6.61 Å². The molecule has 1 aromatic heterocycles. The molecule has 0 amide bonds. The van der Waals surface area contributed by atoms with Gasteiger partial charge in [-0.1, -0.05) is 34.1 Å². The van der Waals surface area contributed by atoms with Gasteiger partial charge in [0.25, 0.3) is 0 Å². The summed E-state index contributed by atoms with van der Waals surface area (Å²) in [4.78, 5) is 0. The number of rotatable bonds is 5. The van der Waals surface area contributed by atoms with Crippen molar-refractivity contribution in [1.29, 1.82) is 0 Å². The molecule has 0 bridgehead atoms. The molecule has 0 radical (unpaired) electrons. The number of aliphatic hydroxyl groups is 1. The second-order valence-electron chi connectivity index (χ2n) is 4.16. The lowest BCUT2D eigenvalue weighted by molar-refractivity contribution is 0.217. The summed E-state index contributed by atoms with van der Waals surface area (Å²) in [6, 6.07) is 11.6. The third-order valence-corrected chi connectivity index (χ3v) is 3.61. The highest BCUT2D eigenvalue weighted by molar-refractivity contribution is 9.10. The monoisotopic (exact) mass is 309 g/mol. The molecule has 2 rings (SSSR count). The average Bonchev–Trinajstić information content (AvgIpc) is 2.90. The van der Waals surface area contributed by atoms with Crippen LogP contribution in [0.4, 0.5) is 0 Å². The van der Waals surface area contributed by atoms with Crippen LogP contribution in [-0.2, 0) is 0 Å². The van der Waals surface area contributed by atoms with Gasteiger partial charge in [-0.15, -0.1) is 0 Å². The zero-order chi connectivity index (χ0) is 13.0. The molecule has 4 heteroatoms. The highest BCUT2D eigenvalue weighted by Gasteiger charge is 2.17. The Bertz CT molecular complexity index is 484. The van der Waals surface area contributed by atoms with Gasteiger partial charge in [0, 0.05) is 10.5 Å². The molecule has 3 nitrogen and oxygen atoms in total. The van der Waals surface area contributed by atoms with Crippen molar-refractivity contribution in [2.24, 2.45) is 0 Å². The zero-order valence-electron chi connectivity index (χ0n) is 10.1. The summed E-state index contributed by atoms with van der Waals surface area (Å²) in [7, 11) is 0. The van der Waals surface area contributed by atoms with Crippen LogP contribution in [0.1, 0.15) is 30.3 Å². The van der Waals surface area contributed by atoms with E-state index in [9.17, 15) is 5.11 Å². The van der Waals surface area contributed by atoms with Gasteiger partial charge in [-0.3, -0.25) is 5.32 Å². The average molecular weight is 310 g/mol. The minimum atomic E-state index is -0.192. The van der Waals surface area contributed by atoms with E-state index in [-0.39, 0.29) is 18.7 Å². The van der Waals surface area contributed by atoms with Crippen LogP contribution in [0.5, 0.6) is 0 Å². The first-order chi connectivity index (χ1) is 8.72. The lowest BCUT2D eigenvalue weighted by Crippen LogP contribution is -2.27. The molecule has 0 aliphatic heterocycles. The smallest absolute Gasteiger partial charge is 0.123 e. The first-order valence-electron chi connectivity index (χ1n) is 5.87. The Hall–Kier alpha value is -1.10. The molecular weight excluding hydrogens is 294 g/mol.